The molecular weight excluding hydrogens is 520 g/mol. The monoisotopic (exact) mass is 536 g/mol. The first kappa shape index (κ1) is 23.9. The largest absolute Gasteiger partial charge is 0.304 e. The molecule has 0 aliphatic carbocycles. The SMILES string of the molecule is N#Cc1cnn(-c2ccccc2S(=O)(=O)O)c1N=Nc1c(-c2ccccc2)nn2c1[nH]c(=O)c1ccccc12. The summed E-state index contributed by atoms with van der Waals surface area (Å²) in [6.07, 6.45) is 1.21. The molecule has 6 aromatic rings. The van der Waals surface area contributed by atoms with E-state index >= 15 is 0 Å². The third kappa shape index (κ3) is 4.06. The number of H-pyrrole nitrogens is 1. The molecule has 0 bridgehead atoms. The van der Waals surface area contributed by atoms with E-state index in [9.17, 15) is 23.0 Å². The average Bonchev–Trinajstić information content (AvgIpc) is 3.53. The van der Waals surface area contributed by atoms with Crippen LogP contribution in [-0.4, -0.2) is 37.3 Å². The number of nitrogens with one attached hydrogen (secondary N) is 1. The summed E-state index contributed by atoms with van der Waals surface area (Å²) in [6, 6.07) is 23.7. The van der Waals surface area contributed by atoms with Crippen molar-refractivity contribution in [1.29, 1.82) is 5.26 Å². The maximum Gasteiger partial charge on any atom is 0.296 e. The van der Waals surface area contributed by atoms with Gasteiger partial charge in [0, 0.05) is 5.56 Å². The van der Waals surface area contributed by atoms with E-state index in [4.69, 9.17) is 5.10 Å². The van der Waals surface area contributed by atoms with E-state index in [1.165, 1.54) is 24.4 Å². The van der Waals surface area contributed by atoms with Crippen LogP contribution >= 0.6 is 0 Å². The van der Waals surface area contributed by atoms with Gasteiger partial charge < -0.3 is 4.98 Å². The summed E-state index contributed by atoms with van der Waals surface area (Å²) >= 11 is 0. The predicted octanol–water partition coefficient (Wildman–Crippen LogP) is 4.56. The number of hydrogen-bond donors (Lipinski definition) is 2. The Morgan fingerprint density at radius 2 is 1.67 bits per heavy atom. The highest BCUT2D eigenvalue weighted by Gasteiger charge is 2.22. The third-order valence-electron chi connectivity index (χ3n) is 6.00. The fraction of sp³-hybridized carbons (Fsp3) is 0. The first-order chi connectivity index (χ1) is 18.9. The molecule has 6 rings (SSSR count). The Bertz CT molecular complexity index is 2140. The number of hydrogen-bond acceptors (Lipinski definition) is 8. The maximum absolute atomic E-state index is 12.9. The minimum atomic E-state index is -4.62. The number of aromatic nitrogens is 5. The van der Waals surface area contributed by atoms with Gasteiger partial charge in [0.2, 0.25) is 0 Å². The van der Waals surface area contributed by atoms with Crippen molar-refractivity contribution >= 4 is 38.2 Å². The van der Waals surface area contributed by atoms with Crippen molar-refractivity contribution < 1.29 is 13.0 Å². The van der Waals surface area contributed by atoms with E-state index in [-0.39, 0.29) is 34.0 Å². The van der Waals surface area contributed by atoms with E-state index in [2.05, 4.69) is 20.3 Å². The standard InChI is InChI=1S/C26H16N8O4S/c27-14-17-15-28-33(20-12-6-7-13-21(20)39(36,37)38)24(17)31-30-23-22(16-8-2-1-3-9-16)32-34-19-11-5-4-10-18(19)26(35)29-25(23)34/h1-13,15H,(H,29,35)(H,36,37,38). The first-order valence-electron chi connectivity index (χ1n) is 11.4. The van der Waals surface area contributed by atoms with Crippen molar-refractivity contribution in [2.45, 2.75) is 4.90 Å². The lowest BCUT2D eigenvalue weighted by Crippen LogP contribution is -2.09. The highest BCUT2D eigenvalue weighted by molar-refractivity contribution is 7.86. The second-order valence-electron chi connectivity index (χ2n) is 8.34. The van der Waals surface area contributed by atoms with E-state index in [0.29, 0.717) is 22.2 Å². The van der Waals surface area contributed by atoms with E-state index in [1.807, 2.05) is 36.4 Å². The van der Waals surface area contributed by atoms with E-state index in [0.717, 1.165) is 4.68 Å². The van der Waals surface area contributed by atoms with Crippen LogP contribution < -0.4 is 5.56 Å². The van der Waals surface area contributed by atoms with Gasteiger partial charge in [-0.1, -0.05) is 54.6 Å². The molecule has 0 aliphatic heterocycles. The van der Waals surface area contributed by atoms with E-state index in [1.54, 1.807) is 34.8 Å². The van der Waals surface area contributed by atoms with Gasteiger partial charge in [0.25, 0.3) is 15.7 Å². The van der Waals surface area contributed by atoms with Gasteiger partial charge in [0.1, 0.15) is 22.2 Å². The Balaban J connectivity index is 1.61. The van der Waals surface area contributed by atoms with E-state index < -0.39 is 15.0 Å². The van der Waals surface area contributed by atoms with Crippen LogP contribution in [0, 0.1) is 11.3 Å². The molecule has 12 nitrogen and oxygen atoms in total. The highest BCUT2D eigenvalue weighted by Crippen LogP contribution is 2.36. The predicted molar refractivity (Wildman–Crippen MR) is 141 cm³/mol. The molecule has 0 atom stereocenters. The normalized spacial score (nSPS) is 11.9. The van der Waals surface area contributed by atoms with Crippen LogP contribution in [0.15, 0.2) is 105 Å². The molecule has 0 saturated carbocycles. The molecule has 0 unspecified atom stereocenters. The van der Waals surface area contributed by atoms with Gasteiger partial charge in [0.15, 0.2) is 17.2 Å². The molecule has 0 amide bonds. The molecule has 2 N–H and O–H groups in total. The number of azo groups is 1. The molecule has 190 valence electrons. The molecule has 3 aromatic heterocycles. The summed E-state index contributed by atoms with van der Waals surface area (Å²) in [4.78, 5) is 15.3. The number of aromatic amines is 1. The average molecular weight is 537 g/mol. The number of nitriles is 1. The van der Waals surface area contributed by atoms with Gasteiger partial charge in [-0.25, -0.2) is 9.20 Å². The summed E-state index contributed by atoms with van der Waals surface area (Å²) in [5.41, 5.74) is 1.77. The summed E-state index contributed by atoms with van der Waals surface area (Å²) in [5, 5.41) is 27.6. The zero-order chi connectivity index (χ0) is 27.1. The zero-order valence-corrected chi connectivity index (χ0v) is 20.6. The summed E-state index contributed by atoms with van der Waals surface area (Å²) in [6.45, 7) is 0. The molecule has 0 fully saturated rings. The second-order valence-corrected chi connectivity index (χ2v) is 9.73. The third-order valence-corrected chi connectivity index (χ3v) is 6.90. The topological polar surface area (TPSA) is 171 Å². The second kappa shape index (κ2) is 9.14. The van der Waals surface area contributed by atoms with Gasteiger partial charge in [-0.2, -0.15) is 23.9 Å². The van der Waals surface area contributed by atoms with Crippen molar-refractivity contribution in [3.63, 3.8) is 0 Å². The molecule has 0 radical (unpaired) electrons. The number of para-hydroxylation sites is 2. The fourth-order valence-corrected chi connectivity index (χ4v) is 4.92. The van der Waals surface area contributed by atoms with Gasteiger partial charge >= 0.3 is 0 Å². The van der Waals surface area contributed by atoms with Crippen molar-refractivity contribution in [1.82, 2.24) is 24.4 Å². The Labute approximate surface area is 219 Å². The minimum absolute atomic E-state index is 0.000527. The zero-order valence-electron chi connectivity index (χ0n) is 19.8. The number of nitrogens with zero attached hydrogens (tertiary/aromatic N) is 7. The van der Waals surface area contributed by atoms with Gasteiger partial charge in [-0.3, -0.25) is 9.35 Å². The van der Waals surface area contributed by atoms with Gasteiger partial charge in [-0.05, 0) is 24.3 Å². The Morgan fingerprint density at radius 3 is 2.44 bits per heavy atom. The van der Waals surface area contributed by atoms with Crippen molar-refractivity contribution in [3.8, 4) is 23.0 Å². The molecule has 3 aromatic carbocycles. The maximum atomic E-state index is 12.9. The van der Waals surface area contributed by atoms with Crippen LogP contribution in [0.2, 0.25) is 0 Å². The highest BCUT2D eigenvalue weighted by atomic mass is 32.2. The summed E-state index contributed by atoms with van der Waals surface area (Å²) in [7, 11) is -4.62. The lowest BCUT2D eigenvalue weighted by molar-refractivity contribution is 0.482. The molecule has 3 heterocycles. The van der Waals surface area contributed by atoms with Gasteiger partial charge in [-0.15, -0.1) is 10.2 Å². The van der Waals surface area contributed by atoms with Crippen LogP contribution in [-0.2, 0) is 10.1 Å². The fourth-order valence-electron chi connectivity index (χ4n) is 4.25. The Morgan fingerprint density at radius 1 is 0.949 bits per heavy atom. The smallest absolute Gasteiger partial charge is 0.296 e. The van der Waals surface area contributed by atoms with Crippen LogP contribution in [0.5, 0.6) is 0 Å². The van der Waals surface area contributed by atoms with Crippen LogP contribution in [0.4, 0.5) is 11.5 Å². The lowest BCUT2D eigenvalue weighted by atomic mass is 10.1. The Hall–Kier alpha value is -5.45. The first-order valence-corrected chi connectivity index (χ1v) is 12.9. The Kier molecular flexibility index (Phi) is 5.60. The van der Waals surface area contributed by atoms with Crippen LogP contribution in [0.1, 0.15) is 5.56 Å². The quantitative estimate of drug-likeness (QED) is 0.240. The number of benzene rings is 3. The molecule has 0 aliphatic rings. The van der Waals surface area contributed by atoms with Crippen LogP contribution in [0.25, 0.3) is 33.5 Å². The molecular formula is C26H16N8O4S. The van der Waals surface area contributed by atoms with Crippen molar-refractivity contribution in [3.05, 3.63) is 101 Å². The van der Waals surface area contributed by atoms with Gasteiger partial charge in [0.05, 0.1) is 22.8 Å². The van der Waals surface area contributed by atoms with Crippen LogP contribution in [0.3, 0.4) is 0 Å². The molecule has 0 saturated heterocycles. The summed E-state index contributed by atoms with van der Waals surface area (Å²) < 4.78 is 36.4. The lowest BCUT2D eigenvalue weighted by Gasteiger charge is -2.08. The summed E-state index contributed by atoms with van der Waals surface area (Å²) in [5.74, 6) is -0.0879. The number of fused-ring (bicyclic) bond motifs is 3. The minimum Gasteiger partial charge on any atom is -0.304 e. The molecule has 39 heavy (non-hydrogen) atoms. The molecule has 13 heteroatoms. The number of rotatable bonds is 5. The molecule has 0 spiro atoms. The van der Waals surface area contributed by atoms with Crippen molar-refractivity contribution in [2.24, 2.45) is 10.2 Å². The van der Waals surface area contributed by atoms with Crippen molar-refractivity contribution in [2.75, 3.05) is 0 Å².